The number of esters is 1. The van der Waals surface area contributed by atoms with Crippen LogP contribution in [0.3, 0.4) is 0 Å². The van der Waals surface area contributed by atoms with Crippen LogP contribution < -0.4 is 9.54 Å². The van der Waals surface area contributed by atoms with Crippen molar-refractivity contribution in [1.29, 1.82) is 0 Å². The smallest absolute Gasteiger partial charge is 0.325 e. The fourth-order valence-electron chi connectivity index (χ4n) is 3.34. The van der Waals surface area contributed by atoms with Gasteiger partial charge in [-0.15, -0.1) is 0 Å². The molecule has 1 amide bonds. The number of rotatable bonds is 5. The molecule has 4 aromatic rings. The number of ether oxygens (including phenoxy) is 2. The molecule has 1 aromatic heterocycles. The number of aromatic nitrogens is 1. The van der Waals surface area contributed by atoms with E-state index in [2.05, 4.69) is 4.99 Å². The van der Waals surface area contributed by atoms with Crippen molar-refractivity contribution in [2.24, 2.45) is 4.99 Å². The quantitative estimate of drug-likeness (QED) is 0.455. The summed E-state index contributed by atoms with van der Waals surface area (Å²) in [5, 5.41) is 1.70. The zero-order chi connectivity index (χ0) is 21.1. The molecule has 0 bridgehead atoms. The normalized spacial score (nSPS) is 11.7. The molecule has 0 N–H and O–H groups in total. The molecule has 30 heavy (non-hydrogen) atoms. The molecular formula is C23H20N2O4S. The Morgan fingerprint density at radius 1 is 1.03 bits per heavy atom. The van der Waals surface area contributed by atoms with Gasteiger partial charge in [-0.3, -0.25) is 9.59 Å². The number of carbonyl (C=O) groups excluding carboxylic acids is 2. The van der Waals surface area contributed by atoms with Gasteiger partial charge in [-0.2, -0.15) is 4.99 Å². The van der Waals surface area contributed by atoms with Gasteiger partial charge in [0.15, 0.2) is 4.80 Å². The lowest BCUT2D eigenvalue weighted by molar-refractivity contribution is -0.141. The van der Waals surface area contributed by atoms with E-state index in [1.807, 2.05) is 61.5 Å². The van der Waals surface area contributed by atoms with Gasteiger partial charge >= 0.3 is 5.97 Å². The third-order valence-corrected chi connectivity index (χ3v) is 5.76. The van der Waals surface area contributed by atoms with Gasteiger partial charge in [0.2, 0.25) is 0 Å². The number of benzene rings is 3. The highest BCUT2D eigenvalue weighted by molar-refractivity contribution is 7.16. The third-order valence-electron chi connectivity index (χ3n) is 4.70. The molecule has 6 nitrogen and oxygen atoms in total. The fraction of sp³-hybridized carbons (Fsp3) is 0.174. The average molecular weight is 420 g/mol. The van der Waals surface area contributed by atoms with Crippen LogP contribution in [-0.4, -0.2) is 30.2 Å². The Kier molecular flexibility index (Phi) is 5.63. The molecule has 0 aliphatic heterocycles. The van der Waals surface area contributed by atoms with Crippen molar-refractivity contribution >= 4 is 44.2 Å². The van der Waals surface area contributed by atoms with E-state index >= 15 is 0 Å². The number of fused-ring (bicyclic) bond motifs is 2. The van der Waals surface area contributed by atoms with Gasteiger partial charge in [0.1, 0.15) is 12.3 Å². The summed E-state index contributed by atoms with van der Waals surface area (Å²) in [6.07, 6.45) is 0. The van der Waals surface area contributed by atoms with Crippen molar-refractivity contribution in [3.05, 3.63) is 71.0 Å². The molecule has 7 heteroatoms. The lowest BCUT2D eigenvalue weighted by Gasteiger charge is -2.10. The van der Waals surface area contributed by atoms with E-state index in [1.54, 1.807) is 10.6 Å². The van der Waals surface area contributed by atoms with E-state index in [-0.39, 0.29) is 6.54 Å². The molecule has 152 valence electrons. The van der Waals surface area contributed by atoms with Crippen molar-refractivity contribution in [2.45, 2.75) is 13.5 Å². The molecule has 3 aromatic carbocycles. The van der Waals surface area contributed by atoms with E-state index in [9.17, 15) is 9.59 Å². The first-order chi connectivity index (χ1) is 14.6. The standard InChI is InChI=1S/C23H20N2O4S/c1-3-29-18-13-12-15-8-4-5-9-16(15)21(18)22(27)24-23-25(14-20(26)28-2)17-10-6-7-11-19(17)30-23/h4-13H,3,14H2,1-2H3. The second kappa shape index (κ2) is 8.51. The lowest BCUT2D eigenvalue weighted by atomic mass is 10.0. The van der Waals surface area contributed by atoms with Gasteiger partial charge in [0.05, 0.1) is 29.5 Å². The number of nitrogens with zero attached hydrogens (tertiary/aromatic N) is 2. The third kappa shape index (κ3) is 3.71. The maximum atomic E-state index is 13.3. The number of methoxy groups -OCH3 is 1. The van der Waals surface area contributed by atoms with Crippen LogP contribution in [-0.2, 0) is 16.1 Å². The summed E-state index contributed by atoms with van der Waals surface area (Å²) in [5.41, 5.74) is 1.24. The summed E-state index contributed by atoms with van der Waals surface area (Å²) in [6.45, 7) is 2.28. The van der Waals surface area contributed by atoms with Crippen LogP contribution in [0, 0.1) is 0 Å². The molecule has 1 heterocycles. The molecule has 0 fully saturated rings. The van der Waals surface area contributed by atoms with E-state index in [1.165, 1.54) is 18.4 Å². The van der Waals surface area contributed by atoms with Crippen molar-refractivity contribution in [2.75, 3.05) is 13.7 Å². The molecule has 0 saturated carbocycles. The average Bonchev–Trinajstić information content (AvgIpc) is 3.10. The maximum Gasteiger partial charge on any atom is 0.325 e. The summed E-state index contributed by atoms with van der Waals surface area (Å²) in [7, 11) is 1.34. The van der Waals surface area contributed by atoms with Gasteiger partial charge in [0, 0.05) is 0 Å². The Morgan fingerprint density at radius 3 is 2.60 bits per heavy atom. The van der Waals surface area contributed by atoms with Crippen LogP contribution in [0.5, 0.6) is 5.75 Å². The number of para-hydroxylation sites is 1. The highest BCUT2D eigenvalue weighted by Gasteiger charge is 2.18. The highest BCUT2D eigenvalue weighted by Crippen LogP contribution is 2.29. The monoisotopic (exact) mass is 420 g/mol. The SMILES string of the molecule is CCOc1ccc2ccccc2c1C(=O)N=c1sc2ccccc2n1CC(=O)OC. The van der Waals surface area contributed by atoms with Gasteiger partial charge in [-0.1, -0.05) is 53.8 Å². The van der Waals surface area contributed by atoms with Crippen LogP contribution in [0.4, 0.5) is 0 Å². The molecule has 0 aliphatic carbocycles. The van der Waals surface area contributed by atoms with Crippen LogP contribution in [0.1, 0.15) is 17.3 Å². The summed E-state index contributed by atoms with van der Waals surface area (Å²) in [6, 6.07) is 19.0. The zero-order valence-electron chi connectivity index (χ0n) is 16.6. The minimum absolute atomic E-state index is 0.0273. The van der Waals surface area contributed by atoms with Crippen LogP contribution in [0.25, 0.3) is 21.0 Å². The Bertz CT molecular complexity index is 1320. The van der Waals surface area contributed by atoms with Crippen molar-refractivity contribution in [3.63, 3.8) is 0 Å². The Hall–Kier alpha value is -3.45. The first-order valence-corrected chi connectivity index (χ1v) is 10.3. The van der Waals surface area contributed by atoms with Gasteiger partial charge < -0.3 is 14.0 Å². The van der Waals surface area contributed by atoms with Gasteiger partial charge in [-0.25, -0.2) is 0 Å². The Balaban J connectivity index is 1.92. The zero-order valence-corrected chi connectivity index (χ0v) is 17.4. The summed E-state index contributed by atoms with van der Waals surface area (Å²) in [5.74, 6) is -0.335. The minimum Gasteiger partial charge on any atom is -0.493 e. The highest BCUT2D eigenvalue weighted by atomic mass is 32.1. The summed E-state index contributed by atoms with van der Waals surface area (Å²) < 4.78 is 13.2. The Morgan fingerprint density at radius 2 is 1.80 bits per heavy atom. The molecule has 0 unspecified atom stereocenters. The van der Waals surface area contributed by atoms with Crippen molar-refractivity contribution in [1.82, 2.24) is 4.57 Å². The molecule has 0 radical (unpaired) electrons. The molecule has 0 atom stereocenters. The summed E-state index contributed by atoms with van der Waals surface area (Å²) >= 11 is 1.35. The molecule has 0 saturated heterocycles. The summed E-state index contributed by atoms with van der Waals surface area (Å²) in [4.78, 5) is 30.1. The second-order valence-electron chi connectivity index (χ2n) is 6.52. The van der Waals surface area contributed by atoms with E-state index in [0.29, 0.717) is 22.7 Å². The number of carbonyl (C=O) groups is 2. The van der Waals surface area contributed by atoms with Gasteiger partial charge in [0.25, 0.3) is 5.91 Å². The van der Waals surface area contributed by atoms with E-state index in [0.717, 1.165) is 21.0 Å². The number of hydrogen-bond donors (Lipinski definition) is 0. The van der Waals surface area contributed by atoms with E-state index < -0.39 is 11.9 Å². The fourth-order valence-corrected chi connectivity index (χ4v) is 4.37. The van der Waals surface area contributed by atoms with Crippen LogP contribution in [0.15, 0.2) is 65.7 Å². The predicted octanol–water partition coefficient (Wildman–Crippen LogP) is 4.17. The molecular weight excluding hydrogens is 400 g/mol. The molecule has 0 aliphatic rings. The molecule has 4 rings (SSSR count). The largest absolute Gasteiger partial charge is 0.493 e. The van der Waals surface area contributed by atoms with Gasteiger partial charge in [-0.05, 0) is 35.9 Å². The van der Waals surface area contributed by atoms with Crippen LogP contribution >= 0.6 is 11.3 Å². The van der Waals surface area contributed by atoms with Crippen LogP contribution in [0.2, 0.25) is 0 Å². The number of hydrogen-bond acceptors (Lipinski definition) is 5. The van der Waals surface area contributed by atoms with Crippen molar-refractivity contribution in [3.8, 4) is 5.75 Å². The number of amides is 1. The lowest BCUT2D eigenvalue weighted by Crippen LogP contribution is -2.22. The first-order valence-electron chi connectivity index (χ1n) is 9.51. The Labute approximate surface area is 177 Å². The molecule has 0 spiro atoms. The first kappa shape index (κ1) is 19.8. The second-order valence-corrected chi connectivity index (χ2v) is 7.53. The predicted molar refractivity (Wildman–Crippen MR) is 117 cm³/mol. The minimum atomic E-state index is -0.416. The van der Waals surface area contributed by atoms with E-state index in [4.69, 9.17) is 9.47 Å². The maximum absolute atomic E-state index is 13.3. The van der Waals surface area contributed by atoms with Crippen molar-refractivity contribution < 1.29 is 19.1 Å². The topological polar surface area (TPSA) is 69.9 Å². The number of thiazole rings is 1.